The number of hydrogen-bond acceptors (Lipinski definition) is 7. The highest BCUT2D eigenvalue weighted by Crippen LogP contribution is 2.35. The quantitative estimate of drug-likeness (QED) is 0.436. The van der Waals surface area contributed by atoms with Crippen LogP contribution >= 0.6 is 0 Å². The molecule has 2 aromatic rings. The van der Waals surface area contributed by atoms with Gasteiger partial charge in [-0.3, -0.25) is 14.7 Å². The summed E-state index contributed by atoms with van der Waals surface area (Å²) >= 11 is 0. The van der Waals surface area contributed by atoms with Crippen molar-refractivity contribution in [2.24, 2.45) is 5.92 Å². The molecule has 0 bridgehead atoms. The maximum absolute atomic E-state index is 12.2. The fourth-order valence-corrected chi connectivity index (χ4v) is 3.97. The minimum Gasteiger partial charge on any atom is -0.475 e. The van der Waals surface area contributed by atoms with Crippen molar-refractivity contribution in [3.8, 4) is 0 Å². The lowest BCUT2D eigenvalue weighted by atomic mass is 10.0. The molecular weight excluding hydrogens is 556 g/mol. The third-order valence-electron chi connectivity index (χ3n) is 5.66. The number of carboxylic acids is 2. The largest absolute Gasteiger partial charge is 0.490 e. The molecule has 0 spiro atoms. The molecule has 0 aliphatic carbocycles. The summed E-state index contributed by atoms with van der Waals surface area (Å²) in [6, 6.07) is 9.74. The van der Waals surface area contributed by atoms with Gasteiger partial charge >= 0.3 is 24.3 Å². The van der Waals surface area contributed by atoms with Crippen molar-refractivity contribution < 1.29 is 60.1 Å². The Morgan fingerprint density at radius 3 is 2.12 bits per heavy atom. The molecule has 1 amide bonds. The second-order valence-corrected chi connectivity index (χ2v) is 8.91. The van der Waals surface area contributed by atoms with Crippen LogP contribution in [-0.4, -0.2) is 75.6 Å². The molecule has 0 aromatic carbocycles. The number of furan rings is 1. The summed E-state index contributed by atoms with van der Waals surface area (Å²) in [7, 11) is 0. The maximum Gasteiger partial charge on any atom is 0.490 e. The molecule has 0 saturated carbocycles. The van der Waals surface area contributed by atoms with E-state index in [1.165, 1.54) is 0 Å². The minimum atomic E-state index is -5.08. The number of alkyl halides is 6. The van der Waals surface area contributed by atoms with Gasteiger partial charge in [-0.05, 0) is 37.6 Å². The molecule has 10 nitrogen and oxygen atoms in total. The van der Waals surface area contributed by atoms with Crippen LogP contribution in [-0.2, 0) is 32.2 Å². The van der Waals surface area contributed by atoms with Gasteiger partial charge < -0.3 is 24.7 Å². The van der Waals surface area contributed by atoms with Crippen LogP contribution in [0.25, 0.3) is 0 Å². The summed E-state index contributed by atoms with van der Waals surface area (Å²) in [5, 5.41) is 17.2. The van der Waals surface area contributed by atoms with Crippen LogP contribution < -0.4 is 5.32 Å². The number of hydrogen-bond donors (Lipinski definition) is 3. The number of aliphatic carboxylic acids is 2. The van der Waals surface area contributed by atoms with Gasteiger partial charge in [-0.25, -0.2) is 9.59 Å². The average molecular weight is 583 g/mol. The summed E-state index contributed by atoms with van der Waals surface area (Å²) in [6.45, 7) is 5.19. The fraction of sp³-hybridized carbons (Fsp3) is 0.500. The SMILES string of the molecule is Cc1ccc(CN2C[C@@H]3C[C@H](CC(=O)NCc4ccccn4)O[C@@H]3C2)o1.O=C(O)C(F)(F)F.O=C(O)C(F)(F)F. The molecule has 16 heteroatoms. The predicted molar refractivity (Wildman–Crippen MR) is 124 cm³/mol. The van der Waals surface area contributed by atoms with Crippen LogP contribution in [0.15, 0.2) is 40.9 Å². The van der Waals surface area contributed by atoms with Gasteiger partial charge in [0.1, 0.15) is 11.5 Å². The number of ether oxygens (including phenoxy) is 1. The van der Waals surface area contributed by atoms with Crippen LogP contribution in [0.3, 0.4) is 0 Å². The first-order valence-corrected chi connectivity index (χ1v) is 11.7. The first-order valence-electron chi connectivity index (χ1n) is 11.7. The molecule has 2 saturated heterocycles. The molecule has 0 unspecified atom stereocenters. The van der Waals surface area contributed by atoms with Gasteiger partial charge in [0.25, 0.3) is 0 Å². The highest BCUT2D eigenvalue weighted by molar-refractivity contribution is 5.76. The molecule has 2 fully saturated rings. The van der Waals surface area contributed by atoms with Crippen molar-refractivity contribution in [1.29, 1.82) is 0 Å². The number of aromatic nitrogens is 1. The highest BCUT2D eigenvalue weighted by Gasteiger charge is 2.42. The Bertz CT molecular complexity index is 1090. The summed E-state index contributed by atoms with van der Waals surface area (Å²) in [5.74, 6) is -3.01. The number of fused-ring (bicyclic) bond motifs is 1. The monoisotopic (exact) mass is 583 g/mol. The Morgan fingerprint density at radius 1 is 1.02 bits per heavy atom. The van der Waals surface area contributed by atoms with Crippen LogP contribution in [0, 0.1) is 12.8 Å². The molecule has 222 valence electrons. The third-order valence-corrected chi connectivity index (χ3v) is 5.66. The summed E-state index contributed by atoms with van der Waals surface area (Å²) < 4.78 is 75.3. The number of carbonyl (C=O) groups is 3. The smallest absolute Gasteiger partial charge is 0.475 e. The van der Waals surface area contributed by atoms with Crippen molar-refractivity contribution in [3.63, 3.8) is 0 Å². The summed E-state index contributed by atoms with van der Waals surface area (Å²) in [6.07, 6.45) is -6.79. The normalized spacial score (nSPS) is 20.4. The lowest BCUT2D eigenvalue weighted by molar-refractivity contribution is -0.193. The van der Waals surface area contributed by atoms with E-state index in [2.05, 4.69) is 15.2 Å². The lowest BCUT2D eigenvalue weighted by Crippen LogP contribution is -2.29. The second-order valence-electron chi connectivity index (χ2n) is 8.91. The number of carbonyl (C=O) groups excluding carboxylic acids is 1. The van der Waals surface area contributed by atoms with E-state index in [4.69, 9.17) is 29.0 Å². The van der Waals surface area contributed by atoms with Crippen molar-refractivity contribution in [3.05, 3.63) is 53.7 Å². The van der Waals surface area contributed by atoms with E-state index >= 15 is 0 Å². The Kier molecular flexibility index (Phi) is 11.5. The number of carboxylic acid groups (broad SMARTS) is 2. The number of amides is 1. The van der Waals surface area contributed by atoms with Crippen molar-refractivity contribution in [2.45, 2.75) is 57.4 Å². The zero-order valence-electron chi connectivity index (χ0n) is 21.0. The fourth-order valence-electron chi connectivity index (χ4n) is 3.97. The van der Waals surface area contributed by atoms with E-state index in [1.807, 2.05) is 37.3 Å². The zero-order chi connectivity index (χ0) is 30.1. The average Bonchev–Trinajstić information content (AvgIpc) is 3.53. The van der Waals surface area contributed by atoms with Crippen molar-refractivity contribution in [2.75, 3.05) is 13.1 Å². The maximum atomic E-state index is 12.2. The molecule has 2 aliphatic heterocycles. The van der Waals surface area contributed by atoms with Gasteiger partial charge in [0, 0.05) is 25.2 Å². The Morgan fingerprint density at radius 2 is 1.65 bits per heavy atom. The Balaban J connectivity index is 0.000000333. The van der Waals surface area contributed by atoms with E-state index in [9.17, 15) is 31.1 Å². The van der Waals surface area contributed by atoms with E-state index in [0.29, 0.717) is 18.9 Å². The molecule has 4 heterocycles. The van der Waals surface area contributed by atoms with Gasteiger partial charge in [0.05, 0.1) is 37.4 Å². The van der Waals surface area contributed by atoms with Crippen LogP contribution in [0.4, 0.5) is 26.3 Å². The topological polar surface area (TPSA) is 142 Å². The first kappa shape index (κ1) is 32.6. The lowest BCUT2D eigenvalue weighted by Gasteiger charge is -2.18. The summed E-state index contributed by atoms with van der Waals surface area (Å²) in [5.41, 5.74) is 0.869. The van der Waals surface area contributed by atoms with Crippen LogP contribution in [0.2, 0.25) is 0 Å². The predicted octanol–water partition coefficient (Wildman–Crippen LogP) is 3.55. The number of halogens is 6. The molecule has 3 atom stereocenters. The highest BCUT2D eigenvalue weighted by atomic mass is 19.4. The number of likely N-dealkylation sites (tertiary alicyclic amines) is 1. The molecule has 0 radical (unpaired) electrons. The van der Waals surface area contributed by atoms with Crippen LogP contribution in [0.5, 0.6) is 0 Å². The number of aryl methyl sites for hydroxylation is 1. The zero-order valence-corrected chi connectivity index (χ0v) is 21.0. The van der Waals surface area contributed by atoms with Crippen molar-refractivity contribution >= 4 is 17.8 Å². The summed E-state index contributed by atoms with van der Waals surface area (Å²) in [4.78, 5) is 36.5. The molecular formula is C24H27F6N3O7. The molecule has 40 heavy (non-hydrogen) atoms. The Labute approximate surface area is 223 Å². The van der Waals surface area contributed by atoms with E-state index in [1.54, 1.807) is 6.20 Å². The van der Waals surface area contributed by atoms with E-state index < -0.39 is 24.3 Å². The second kappa shape index (κ2) is 14.1. The van der Waals surface area contributed by atoms with Gasteiger partial charge in [-0.1, -0.05) is 6.07 Å². The van der Waals surface area contributed by atoms with Crippen molar-refractivity contribution in [1.82, 2.24) is 15.2 Å². The van der Waals surface area contributed by atoms with Crippen LogP contribution in [0.1, 0.15) is 30.1 Å². The number of pyridine rings is 1. The number of nitrogens with zero attached hydrogens (tertiary/aromatic N) is 2. The minimum absolute atomic E-state index is 0.0294. The van der Waals surface area contributed by atoms with E-state index in [0.717, 1.165) is 43.3 Å². The third kappa shape index (κ3) is 11.2. The molecule has 3 N–H and O–H groups in total. The van der Waals surface area contributed by atoms with Gasteiger partial charge in [0.2, 0.25) is 5.91 Å². The van der Waals surface area contributed by atoms with Gasteiger partial charge in [0.15, 0.2) is 0 Å². The van der Waals surface area contributed by atoms with Gasteiger partial charge in [-0.2, -0.15) is 26.3 Å². The standard InChI is InChI=1S/C20H25N3O3.2C2HF3O2/c1-14-5-6-17(25-14)12-23-11-15-8-18(26-19(15)13-23)9-20(24)22-10-16-4-2-3-7-21-16;2*3-2(4,5)1(6)7/h2-7,15,18-19H,8-13H2,1H3,(H,22,24);2*(H,6,7)/t15-,18+,19+;;/m0../s1. The molecule has 4 rings (SSSR count). The number of nitrogens with one attached hydrogen (secondary N) is 1. The number of rotatable bonds is 6. The molecule has 2 aliphatic rings. The molecule has 2 aromatic heterocycles. The van der Waals surface area contributed by atoms with E-state index in [-0.39, 0.29) is 18.1 Å². The Hall–Kier alpha value is -3.66. The van der Waals surface area contributed by atoms with Gasteiger partial charge in [-0.15, -0.1) is 0 Å². The first-order chi connectivity index (χ1) is 18.5.